The summed E-state index contributed by atoms with van der Waals surface area (Å²) in [5.74, 6) is -0.130. The van der Waals surface area contributed by atoms with Crippen LogP contribution < -0.4 is 16.4 Å². The molecule has 4 N–H and O–H groups in total. The van der Waals surface area contributed by atoms with Gasteiger partial charge in [0.2, 0.25) is 5.91 Å². The fraction of sp³-hybridized carbons (Fsp3) is 0.435. The molecule has 3 rings (SSSR count). The van der Waals surface area contributed by atoms with Crippen molar-refractivity contribution in [2.24, 2.45) is 5.73 Å². The highest BCUT2D eigenvalue weighted by molar-refractivity contribution is 5.87. The summed E-state index contributed by atoms with van der Waals surface area (Å²) in [6.07, 6.45) is 4.50. The Morgan fingerprint density at radius 2 is 1.55 bits per heavy atom. The number of rotatable bonds is 7. The largest absolute Gasteiger partial charge is 0.352 e. The minimum Gasteiger partial charge on any atom is -0.352 e. The molecule has 4 nitrogen and oxygen atoms in total. The van der Waals surface area contributed by atoms with Crippen LogP contribution >= 0.6 is 24.8 Å². The van der Waals surface area contributed by atoms with Crippen molar-refractivity contribution in [2.75, 3.05) is 6.54 Å². The summed E-state index contributed by atoms with van der Waals surface area (Å²) < 4.78 is 0. The van der Waals surface area contributed by atoms with Crippen LogP contribution in [0.2, 0.25) is 0 Å². The number of hydrogen-bond acceptors (Lipinski definition) is 3. The minimum absolute atomic E-state index is 0. The molecule has 1 saturated carbocycles. The van der Waals surface area contributed by atoms with Crippen molar-refractivity contribution in [3.8, 4) is 0 Å². The Labute approximate surface area is 186 Å². The number of carbonyl (C=O) groups excluding carboxylic acids is 1. The van der Waals surface area contributed by atoms with Crippen LogP contribution in [0.15, 0.2) is 60.7 Å². The number of hydrogen-bond donors (Lipinski definition) is 3. The van der Waals surface area contributed by atoms with Crippen molar-refractivity contribution < 1.29 is 4.79 Å². The third kappa shape index (κ3) is 6.19. The first-order chi connectivity index (χ1) is 12.9. The maximum atomic E-state index is 12.9. The first-order valence-electron chi connectivity index (χ1n) is 9.88. The molecule has 0 aliphatic heterocycles. The molecule has 29 heavy (non-hydrogen) atoms. The predicted molar refractivity (Wildman–Crippen MR) is 125 cm³/mol. The Morgan fingerprint density at radius 3 is 2.10 bits per heavy atom. The second-order valence-electron chi connectivity index (χ2n) is 8.02. The number of carbonyl (C=O) groups is 1. The van der Waals surface area contributed by atoms with Crippen LogP contribution in [0.5, 0.6) is 0 Å². The van der Waals surface area contributed by atoms with Crippen LogP contribution in [-0.2, 0) is 10.3 Å². The monoisotopic (exact) mass is 437 g/mol. The third-order valence-electron chi connectivity index (χ3n) is 5.82. The van der Waals surface area contributed by atoms with Crippen LogP contribution in [0.25, 0.3) is 0 Å². The SMILES string of the molecule is CC(NC1(CNC(=O)C(C)(N)c2ccccc2)CCCC1)c1ccccc1.Cl.Cl. The van der Waals surface area contributed by atoms with Crippen LogP contribution in [0, 0.1) is 0 Å². The number of benzene rings is 2. The van der Waals surface area contributed by atoms with Gasteiger partial charge in [0, 0.05) is 18.1 Å². The van der Waals surface area contributed by atoms with Gasteiger partial charge in [0.15, 0.2) is 0 Å². The molecule has 1 aliphatic carbocycles. The molecule has 0 heterocycles. The molecule has 0 spiro atoms. The van der Waals surface area contributed by atoms with Gasteiger partial charge in [-0.2, -0.15) is 0 Å². The highest BCUT2D eigenvalue weighted by Crippen LogP contribution is 2.32. The smallest absolute Gasteiger partial charge is 0.244 e. The molecule has 1 aliphatic rings. The Hall–Kier alpha value is -1.59. The quantitative estimate of drug-likeness (QED) is 0.597. The number of amides is 1. The van der Waals surface area contributed by atoms with Gasteiger partial charge in [-0.1, -0.05) is 73.5 Å². The van der Waals surface area contributed by atoms with Gasteiger partial charge in [0.05, 0.1) is 0 Å². The topological polar surface area (TPSA) is 67.1 Å². The van der Waals surface area contributed by atoms with Crippen molar-refractivity contribution in [1.82, 2.24) is 10.6 Å². The van der Waals surface area contributed by atoms with Crippen LogP contribution in [-0.4, -0.2) is 18.0 Å². The van der Waals surface area contributed by atoms with E-state index in [-0.39, 0.29) is 42.3 Å². The summed E-state index contributed by atoms with van der Waals surface area (Å²) in [6.45, 7) is 4.57. The third-order valence-corrected chi connectivity index (χ3v) is 5.82. The lowest BCUT2D eigenvalue weighted by Crippen LogP contribution is -2.56. The second-order valence-corrected chi connectivity index (χ2v) is 8.02. The summed E-state index contributed by atoms with van der Waals surface area (Å²) in [4.78, 5) is 12.9. The van der Waals surface area contributed by atoms with E-state index < -0.39 is 5.54 Å². The van der Waals surface area contributed by atoms with Gasteiger partial charge in [-0.15, -0.1) is 24.8 Å². The molecule has 0 radical (unpaired) electrons. The molecule has 1 amide bonds. The zero-order valence-corrected chi connectivity index (χ0v) is 18.8. The van der Waals surface area contributed by atoms with E-state index in [9.17, 15) is 4.79 Å². The Balaban J connectivity index is 0.00000210. The Morgan fingerprint density at radius 1 is 1.03 bits per heavy atom. The van der Waals surface area contributed by atoms with E-state index in [1.807, 2.05) is 36.4 Å². The van der Waals surface area contributed by atoms with E-state index in [2.05, 4.69) is 41.8 Å². The predicted octanol–water partition coefficient (Wildman–Crippen LogP) is 4.48. The molecule has 1 fully saturated rings. The zero-order chi connectivity index (χ0) is 19.3. The molecule has 2 unspecified atom stereocenters. The maximum absolute atomic E-state index is 12.9. The molecule has 0 aromatic heterocycles. The summed E-state index contributed by atoms with van der Waals surface area (Å²) in [5, 5.41) is 6.93. The first-order valence-corrected chi connectivity index (χ1v) is 9.88. The lowest BCUT2D eigenvalue weighted by Gasteiger charge is -2.35. The van der Waals surface area contributed by atoms with Gasteiger partial charge >= 0.3 is 0 Å². The fourth-order valence-corrected chi connectivity index (χ4v) is 4.06. The molecule has 2 aromatic rings. The van der Waals surface area contributed by atoms with Crippen LogP contribution in [0.4, 0.5) is 0 Å². The standard InChI is InChI=1S/C23H31N3O.2ClH/c1-18(19-11-5-3-6-12-19)26-23(15-9-10-16-23)17-25-21(27)22(2,24)20-13-7-4-8-14-20;;/h3-8,11-14,18,26H,9-10,15-17,24H2,1-2H3,(H,25,27);2*1H. The fourth-order valence-electron chi connectivity index (χ4n) is 4.06. The van der Waals surface area contributed by atoms with Crippen LogP contribution in [0.3, 0.4) is 0 Å². The van der Waals surface area contributed by atoms with E-state index in [0.717, 1.165) is 18.4 Å². The van der Waals surface area contributed by atoms with E-state index in [1.165, 1.54) is 18.4 Å². The highest BCUT2D eigenvalue weighted by Gasteiger charge is 2.37. The van der Waals surface area contributed by atoms with E-state index >= 15 is 0 Å². The number of nitrogens with two attached hydrogens (primary N) is 1. The van der Waals surface area contributed by atoms with Crippen molar-refractivity contribution >= 4 is 30.7 Å². The van der Waals surface area contributed by atoms with E-state index in [0.29, 0.717) is 6.54 Å². The van der Waals surface area contributed by atoms with Gasteiger partial charge in [-0.3, -0.25) is 4.79 Å². The van der Waals surface area contributed by atoms with Crippen molar-refractivity contribution in [3.63, 3.8) is 0 Å². The van der Waals surface area contributed by atoms with Crippen molar-refractivity contribution in [1.29, 1.82) is 0 Å². The van der Waals surface area contributed by atoms with Crippen LogP contribution in [0.1, 0.15) is 56.7 Å². The average Bonchev–Trinajstić information content (AvgIpc) is 3.16. The van der Waals surface area contributed by atoms with Crippen molar-refractivity contribution in [3.05, 3.63) is 71.8 Å². The average molecular weight is 438 g/mol. The Bertz CT molecular complexity index is 747. The maximum Gasteiger partial charge on any atom is 0.244 e. The van der Waals surface area contributed by atoms with Gasteiger partial charge < -0.3 is 16.4 Å². The molecule has 0 bridgehead atoms. The van der Waals surface area contributed by atoms with E-state index in [4.69, 9.17) is 5.73 Å². The van der Waals surface area contributed by atoms with Gasteiger partial charge in [-0.25, -0.2) is 0 Å². The lowest BCUT2D eigenvalue weighted by molar-refractivity contribution is -0.126. The first kappa shape index (κ1) is 25.4. The zero-order valence-electron chi connectivity index (χ0n) is 17.2. The molecule has 6 heteroatoms. The lowest BCUT2D eigenvalue weighted by atomic mass is 9.90. The molecule has 2 aromatic carbocycles. The van der Waals surface area contributed by atoms with E-state index in [1.54, 1.807) is 6.92 Å². The minimum atomic E-state index is -1.04. The molecular weight excluding hydrogens is 405 g/mol. The van der Waals surface area contributed by atoms with Gasteiger partial charge in [-0.05, 0) is 37.8 Å². The highest BCUT2D eigenvalue weighted by atomic mass is 35.5. The summed E-state index contributed by atoms with van der Waals surface area (Å²) in [5.41, 5.74) is 7.36. The molecule has 160 valence electrons. The number of nitrogens with one attached hydrogen (secondary N) is 2. The summed E-state index contributed by atoms with van der Waals surface area (Å²) in [6, 6.07) is 20.3. The summed E-state index contributed by atoms with van der Waals surface area (Å²) >= 11 is 0. The molecular formula is C23H33Cl2N3O. The summed E-state index contributed by atoms with van der Waals surface area (Å²) in [7, 11) is 0. The Kier molecular flexibility index (Phi) is 9.63. The molecule has 2 atom stereocenters. The molecule has 0 saturated heterocycles. The van der Waals surface area contributed by atoms with Crippen molar-refractivity contribution in [2.45, 2.75) is 56.7 Å². The second kappa shape index (κ2) is 11.0. The number of halogens is 2. The van der Waals surface area contributed by atoms with Gasteiger partial charge in [0.25, 0.3) is 0 Å². The van der Waals surface area contributed by atoms with Gasteiger partial charge in [0.1, 0.15) is 5.54 Å². The normalized spacial score (nSPS) is 17.9.